The lowest BCUT2D eigenvalue weighted by atomic mass is 10.3. The number of aliphatic hydroxyl groups excluding tert-OH is 1. The van der Waals surface area contributed by atoms with Gasteiger partial charge in [-0.2, -0.15) is 5.26 Å². The van der Waals surface area contributed by atoms with E-state index in [0.717, 1.165) is 17.2 Å². The van der Waals surface area contributed by atoms with Gasteiger partial charge in [0.15, 0.2) is 0 Å². The number of pyridine rings is 1. The maximum absolute atomic E-state index is 8.55. The van der Waals surface area contributed by atoms with Gasteiger partial charge in [-0.1, -0.05) is 0 Å². The van der Waals surface area contributed by atoms with E-state index in [0.29, 0.717) is 5.56 Å². The van der Waals surface area contributed by atoms with E-state index < -0.39 is 0 Å². The maximum Gasteiger partial charge on any atom is 0.101 e. The number of aromatic nitrogens is 1. The molecular formula is C9H10N2OS. The molecular weight excluding hydrogens is 184 g/mol. The molecule has 0 atom stereocenters. The first kappa shape index (κ1) is 10.0. The zero-order valence-electron chi connectivity index (χ0n) is 7.10. The van der Waals surface area contributed by atoms with Gasteiger partial charge >= 0.3 is 0 Å². The molecule has 1 aromatic rings. The molecule has 1 N–H and O–H groups in total. The van der Waals surface area contributed by atoms with Crippen LogP contribution in [0.5, 0.6) is 0 Å². The van der Waals surface area contributed by atoms with Crippen LogP contribution in [0, 0.1) is 11.3 Å². The predicted octanol–water partition coefficient (Wildman–Crippen LogP) is 1.43. The number of aliphatic hydroxyl groups is 1. The molecule has 0 saturated heterocycles. The van der Waals surface area contributed by atoms with E-state index in [1.807, 2.05) is 12.1 Å². The van der Waals surface area contributed by atoms with Crippen molar-refractivity contribution in [3.05, 3.63) is 23.9 Å². The second-order valence-electron chi connectivity index (χ2n) is 2.42. The fraction of sp³-hybridized carbons (Fsp3) is 0.333. The summed E-state index contributed by atoms with van der Waals surface area (Å²) in [6.45, 7) is 0.212. The van der Waals surface area contributed by atoms with Gasteiger partial charge in [0.05, 0.1) is 10.6 Å². The molecule has 0 spiro atoms. The molecule has 0 aliphatic rings. The third-order valence-electron chi connectivity index (χ3n) is 1.42. The normalized spacial score (nSPS) is 9.54. The fourth-order valence-electron chi connectivity index (χ4n) is 0.773. The molecule has 13 heavy (non-hydrogen) atoms. The van der Waals surface area contributed by atoms with Crippen molar-refractivity contribution in [3.63, 3.8) is 0 Å². The molecule has 4 heteroatoms. The zero-order chi connectivity index (χ0) is 9.52. The van der Waals surface area contributed by atoms with Crippen molar-refractivity contribution in [1.82, 2.24) is 4.98 Å². The summed E-state index contributed by atoms with van der Waals surface area (Å²) >= 11 is 1.58. The van der Waals surface area contributed by atoms with Crippen molar-refractivity contribution in [1.29, 1.82) is 5.26 Å². The van der Waals surface area contributed by atoms with Crippen molar-refractivity contribution in [2.45, 2.75) is 11.4 Å². The van der Waals surface area contributed by atoms with E-state index in [1.165, 1.54) is 0 Å². The van der Waals surface area contributed by atoms with Gasteiger partial charge in [0.25, 0.3) is 0 Å². The van der Waals surface area contributed by atoms with Crippen LogP contribution in [0.3, 0.4) is 0 Å². The van der Waals surface area contributed by atoms with Gasteiger partial charge in [-0.05, 0) is 18.6 Å². The van der Waals surface area contributed by atoms with Gasteiger partial charge in [0, 0.05) is 18.6 Å². The fourth-order valence-corrected chi connectivity index (χ4v) is 1.55. The van der Waals surface area contributed by atoms with Crippen molar-refractivity contribution >= 4 is 11.8 Å². The summed E-state index contributed by atoms with van der Waals surface area (Å²) in [5.74, 6) is 0.857. The van der Waals surface area contributed by atoms with Crippen LogP contribution >= 0.6 is 11.8 Å². The first-order valence-electron chi connectivity index (χ1n) is 3.96. The lowest BCUT2D eigenvalue weighted by Gasteiger charge is -1.98. The van der Waals surface area contributed by atoms with Crippen LogP contribution in [0.1, 0.15) is 12.0 Å². The van der Waals surface area contributed by atoms with Gasteiger partial charge in [-0.3, -0.25) is 0 Å². The third-order valence-corrected chi connectivity index (χ3v) is 2.45. The zero-order valence-corrected chi connectivity index (χ0v) is 7.92. The predicted molar refractivity (Wildman–Crippen MR) is 51.4 cm³/mol. The Balaban J connectivity index is 2.46. The molecule has 3 nitrogen and oxygen atoms in total. The Bertz CT molecular complexity index is 291. The summed E-state index contributed by atoms with van der Waals surface area (Å²) in [6.07, 6.45) is 2.33. The minimum atomic E-state index is 0.212. The van der Waals surface area contributed by atoms with Gasteiger partial charge in [-0.15, -0.1) is 11.8 Å². The van der Waals surface area contributed by atoms with E-state index in [1.54, 1.807) is 24.0 Å². The number of thioether (sulfide) groups is 1. The highest BCUT2D eigenvalue weighted by Gasteiger charge is 1.95. The molecule has 0 saturated carbocycles. The van der Waals surface area contributed by atoms with Crippen molar-refractivity contribution < 1.29 is 5.11 Å². The van der Waals surface area contributed by atoms with Crippen LogP contribution in [-0.2, 0) is 0 Å². The average molecular weight is 194 g/mol. The van der Waals surface area contributed by atoms with Crippen LogP contribution in [0.25, 0.3) is 0 Å². The summed E-state index contributed by atoms with van der Waals surface area (Å²) < 4.78 is 0. The van der Waals surface area contributed by atoms with Crippen molar-refractivity contribution in [3.8, 4) is 6.07 Å². The average Bonchev–Trinajstić information content (AvgIpc) is 2.19. The number of hydrogen-bond donors (Lipinski definition) is 1. The SMILES string of the molecule is N#Cc1ccc(SCCCO)nc1. The van der Waals surface area contributed by atoms with Crippen LogP contribution in [0.4, 0.5) is 0 Å². The minimum Gasteiger partial charge on any atom is -0.396 e. The summed E-state index contributed by atoms with van der Waals surface area (Å²) in [4.78, 5) is 4.08. The Kier molecular flexibility index (Phi) is 4.30. The van der Waals surface area contributed by atoms with E-state index in [2.05, 4.69) is 4.98 Å². The molecule has 1 rings (SSSR count). The van der Waals surface area contributed by atoms with E-state index in [9.17, 15) is 0 Å². The standard InChI is InChI=1S/C9H10N2OS/c10-6-8-2-3-9(11-7-8)13-5-1-4-12/h2-3,7,12H,1,4-5H2. The van der Waals surface area contributed by atoms with Crippen LogP contribution in [-0.4, -0.2) is 22.5 Å². The molecule has 0 fully saturated rings. The number of rotatable bonds is 4. The Morgan fingerprint density at radius 2 is 2.38 bits per heavy atom. The molecule has 1 aromatic heterocycles. The van der Waals surface area contributed by atoms with Crippen LogP contribution < -0.4 is 0 Å². The van der Waals surface area contributed by atoms with Gasteiger partial charge in [0.1, 0.15) is 6.07 Å². The number of nitrogens with zero attached hydrogens (tertiary/aromatic N) is 2. The Morgan fingerprint density at radius 3 is 2.92 bits per heavy atom. The van der Waals surface area contributed by atoms with E-state index in [4.69, 9.17) is 10.4 Å². The largest absolute Gasteiger partial charge is 0.396 e. The lowest BCUT2D eigenvalue weighted by Crippen LogP contribution is -1.87. The Hall–Kier alpha value is -1.05. The van der Waals surface area contributed by atoms with Gasteiger partial charge in [-0.25, -0.2) is 4.98 Å². The van der Waals surface area contributed by atoms with E-state index >= 15 is 0 Å². The van der Waals surface area contributed by atoms with E-state index in [-0.39, 0.29) is 6.61 Å². The molecule has 0 bridgehead atoms. The highest BCUT2D eigenvalue weighted by atomic mass is 32.2. The Morgan fingerprint density at radius 1 is 1.54 bits per heavy atom. The summed E-state index contributed by atoms with van der Waals surface area (Å²) in [5.41, 5.74) is 0.575. The molecule has 0 amide bonds. The monoisotopic (exact) mass is 194 g/mol. The molecule has 0 aliphatic heterocycles. The lowest BCUT2D eigenvalue weighted by molar-refractivity contribution is 0.296. The number of nitriles is 1. The third kappa shape index (κ3) is 3.45. The van der Waals surface area contributed by atoms with Crippen molar-refractivity contribution in [2.75, 3.05) is 12.4 Å². The minimum absolute atomic E-state index is 0.212. The van der Waals surface area contributed by atoms with Crippen LogP contribution in [0.15, 0.2) is 23.4 Å². The van der Waals surface area contributed by atoms with Gasteiger partial charge in [0.2, 0.25) is 0 Å². The summed E-state index contributed by atoms with van der Waals surface area (Å²) in [6, 6.07) is 5.57. The van der Waals surface area contributed by atoms with Crippen LogP contribution in [0.2, 0.25) is 0 Å². The maximum atomic E-state index is 8.55. The molecule has 0 aliphatic carbocycles. The molecule has 0 unspecified atom stereocenters. The molecule has 0 aromatic carbocycles. The summed E-state index contributed by atoms with van der Waals surface area (Å²) in [7, 11) is 0. The van der Waals surface area contributed by atoms with Crippen molar-refractivity contribution in [2.24, 2.45) is 0 Å². The molecule has 0 radical (unpaired) electrons. The first-order valence-corrected chi connectivity index (χ1v) is 4.95. The smallest absolute Gasteiger partial charge is 0.101 e. The summed E-state index contributed by atoms with van der Waals surface area (Å²) in [5, 5.41) is 18.0. The quantitative estimate of drug-likeness (QED) is 0.582. The topological polar surface area (TPSA) is 56.9 Å². The molecule has 68 valence electrons. The first-order chi connectivity index (χ1) is 6.36. The Labute approximate surface area is 81.4 Å². The highest BCUT2D eigenvalue weighted by molar-refractivity contribution is 7.99. The second-order valence-corrected chi connectivity index (χ2v) is 3.54. The molecule has 1 heterocycles. The second kappa shape index (κ2) is 5.57. The number of hydrogen-bond acceptors (Lipinski definition) is 4. The van der Waals surface area contributed by atoms with Gasteiger partial charge < -0.3 is 5.11 Å². The highest BCUT2D eigenvalue weighted by Crippen LogP contribution is 2.15.